The first-order chi connectivity index (χ1) is 12.1. The number of carbonyl (C=O) groups is 1. The van der Waals surface area contributed by atoms with Gasteiger partial charge < -0.3 is 5.32 Å². The smallest absolute Gasteiger partial charge is 0.354 e. The van der Waals surface area contributed by atoms with E-state index in [1.165, 1.54) is 6.20 Å². The van der Waals surface area contributed by atoms with Gasteiger partial charge in [0.15, 0.2) is 5.69 Å². The summed E-state index contributed by atoms with van der Waals surface area (Å²) in [7, 11) is 0. The zero-order valence-corrected chi connectivity index (χ0v) is 13.2. The van der Waals surface area contributed by atoms with Crippen molar-refractivity contribution < 1.29 is 9.72 Å². The second-order valence-corrected chi connectivity index (χ2v) is 6.43. The lowest BCUT2D eigenvalue weighted by atomic mass is 9.89. The van der Waals surface area contributed by atoms with Crippen molar-refractivity contribution in [1.82, 2.24) is 4.98 Å². The quantitative estimate of drug-likeness (QED) is 0.680. The van der Waals surface area contributed by atoms with E-state index in [-0.39, 0.29) is 11.6 Å². The molecular weight excluding hydrogens is 320 g/mol. The summed E-state index contributed by atoms with van der Waals surface area (Å²) in [5.41, 5.74) is 3.73. The van der Waals surface area contributed by atoms with Crippen LogP contribution in [0.25, 0.3) is 0 Å². The molecule has 2 unspecified atom stereocenters. The third-order valence-electron chi connectivity index (χ3n) is 5.05. The van der Waals surface area contributed by atoms with Crippen molar-refractivity contribution in [2.75, 3.05) is 5.32 Å². The number of nitrogens with zero attached hydrogens (tertiary/aromatic N) is 3. The fourth-order valence-corrected chi connectivity index (χ4v) is 4.08. The minimum absolute atomic E-state index is 0.0245. The first kappa shape index (κ1) is 15.3. The molecule has 2 atom stereocenters. The molecule has 4 rings (SSSR count). The summed E-state index contributed by atoms with van der Waals surface area (Å²) in [6.45, 7) is 0. The summed E-state index contributed by atoms with van der Waals surface area (Å²) in [5.74, 6) is -0.677. The average Bonchev–Trinajstić information content (AvgIpc) is 3.24. The lowest BCUT2D eigenvalue weighted by Crippen LogP contribution is -2.18. The van der Waals surface area contributed by atoms with Crippen molar-refractivity contribution in [2.24, 2.45) is 0 Å². The molecule has 1 saturated carbocycles. The summed E-state index contributed by atoms with van der Waals surface area (Å²) in [5, 5.41) is 23.2. The Hall–Kier alpha value is -3.27. The summed E-state index contributed by atoms with van der Waals surface area (Å²) in [4.78, 5) is 26.0. The zero-order valence-electron chi connectivity index (χ0n) is 13.2. The second-order valence-electron chi connectivity index (χ2n) is 6.43. The van der Waals surface area contributed by atoms with E-state index >= 15 is 0 Å². The van der Waals surface area contributed by atoms with Gasteiger partial charge in [-0.25, -0.2) is 9.78 Å². The molecule has 7 heteroatoms. The van der Waals surface area contributed by atoms with E-state index in [0.717, 1.165) is 41.8 Å². The molecule has 25 heavy (non-hydrogen) atoms. The summed E-state index contributed by atoms with van der Waals surface area (Å²) < 4.78 is 0. The number of hydrogen-bond donors (Lipinski definition) is 1. The highest BCUT2D eigenvalue weighted by Gasteiger charge is 2.43. The summed E-state index contributed by atoms with van der Waals surface area (Å²) in [6.07, 6.45) is 4.35. The van der Waals surface area contributed by atoms with Crippen molar-refractivity contribution in [1.29, 1.82) is 5.26 Å². The van der Waals surface area contributed by atoms with E-state index in [4.69, 9.17) is 5.26 Å². The molecule has 1 N–H and O–H groups in total. The number of pyridine rings is 1. The highest BCUT2D eigenvalue weighted by atomic mass is 16.6. The van der Waals surface area contributed by atoms with E-state index in [1.807, 2.05) is 6.07 Å². The highest BCUT2D eigenvalue weighted by molar-refractivity contribution is 5.89. The first-order valence-corrected chi connectivity index (χ1v) is 8.07. The number of nitrogens with one attached hydrogen (secondary N) is 1. The zero-order chi connectivity index (χ0) is 17.6. The van der Waals surface area contributed by atoms with Gasteiger partial charge in [-0.2, -0.15) is 5.26 Å². The van der Waals surface area contributed by atoms with Crippen LogP contribution in [-0.4, -0.2) is 15.8 Å². The lowest BCUT2D eigenvalue weighted by Gasteiger charge is -2.20. The van der Waals surface area contributed by atoms with Crippen molar-refractivity contribution in [3.63, 3.8) is 0 Å². The van der Waals surface area contributed by atoms with Gasteiger partial charge in [0.2, 0.25) is 0 Å². The average molecular weight is 334 g/mol. The Balaban J connectivity index is 1.79. The Bertz CT molecular complexity index is 948. The highest BCUT2D eigenvalue weighted by Crippen LogP contribution is 2.56. The molecule has 0 saturated heterocycles. The monoisotopic (exact) mass is 334 g/mol. The molecule has 2 aliphatic rings. The van der Waals surface area contributed by atoms with Gasteiger partial charge in [0, 0.05) is 5.69 Å². The number of carbonyl (C=O) groups excluding carboxylic acids is 1. The lowest BCUT2D eigenvalue weighted by molar-refractivity contribution is -0.375. The van der Waals surface area contributed by atoms with Crippen LogP contribution < -0.4 is 5.32 Å². The molecular formula is C18H14N4O3. The van der Waals surface area contributed by atoms with Crippen molar-refractivity contribution >= 4 is 17.3 Å². The molecule has 1 aromatic heterocycles. The van der Waals surface area contributed by atoms with Crippen LogP contribution in [0.5, 0.6) is 0 Å². The van der Waals surface area contributed by atoms with Gasteiger partial charge in [0.1, 0.15) is 4.92 Å². The number of nitro groups is 1. The van der Waals surface area contributed by atoms with Gasteiger partial charge >= 0.3 is 5.91 Å². The Morgan fingerprint density at radius 2 is 2.08 bits per heavy atom. The minimum atomic E-state index is -1.14. The van der Waals surface area contributed by atoms with Gasteiger partial charge in [0.05, 0.1) is 23.5 Å². The predicted molar refractivity (Wildman–Crippen MR) is 89.3 cm³/mol. The minimum Gasteiger partial charge on any atom is -0.354 e. The number of fused-ring (bicyclic) bond motifs is 5. The SMILES string of the molecule is N#Cc1cccc(Nc2cnc(C(=O)[N+](=O)[O-])c3c2C2CCC3C2)c1. The van der Waals surface area contributed by atoms with Crippen LogP contribution in [0, 0.1) is 21.4 Å². The van der Waals surface area contributed by atoms with E-state index in [9.17, 15) is 14.9 Å². The maximum absolute atomic E-state index is 11.9. The van der Waals surface area contributed by atoms with Gasteiger partial charge in [0.25, 0.3) is 0 Å². The fourth-order valence-electron chi connectivity index (χ4n) is 4.08. The van der Waals surface area contributed by atoms with Crippen molar-refractivity contribution in [3.05, 3.63) is 63.0 Å². The molecule has 7 nitrogen and oxygen atoms in total. The third kappa shape index (κ3) is 2.43. The molecule has 2 aromatic rings. The van der Waals surface area contributed by atoms with Crippen LogP contribution in [0.4, 0.5) is 11.4 Å². The maximum Gasteiger partial charge on any atom is 0.494 e. The van der Waals surface area contributed by atoms with Crippen LogP contribution in [0.3, 0.4) is 0 Å². The van der Waals surface area contributed by atoms with Crippen molar-refractivity contribution in [3.8, 4) is 6.07 Å². The largest absolute Gasteiger partial charge is 0.494 e. The van der Waals surface area contributed by atoms with Gasteiger partial charge in [-0.3, -0.25) is 10.1 Å². The van der Waals surface area contributed by atoms with Crippen LogP contribution in [-0.2, 0) is 0 Å². The fraction of sp³-hybridized carbons (Fsp3) is 0.278. The molecule has 1 aromatic carbocycles. The normalized spacial score (nSPS) is 20.0. The van der Waals surface area contributed by atoms with E-state index in [1.54, 1.807) is 18.2 Å². The second kappa shape index (κ2) is 5.67. The van der Waals surface area contributed by atoms with Crippen molar-refractivity contribution in [2.45, 2.75) is 31.1 Å². The summed E-state index contributed by atoms with van der Waals surface area (Å²) in [6, 6.07) is 9.17. The molecule has 1 fully saturated rings. The topological polar surface area (TPSA) is 109 Å². The molecule has 0 aliphatic heterocycles. The molecule has 124 valence electrons. The molecule has 2 bridgehead atoms. The number of aromatic nitrogens is 1. The van der Waals surface area contributed by atoms with Gasteiger partial charge in [-0.05, 0) is 60.4 Å². The molecule has 2 aliphatic carbocycles. The van der Waals surface area contributed by atoms with Gasteiger partial charge in [-0.1, -0.05) is 6.07 Å². The number of anilines is 2. The Morgan fingerprint density at radius 3 is 2.80 bits per heavy atom. The standard InChI is InChI=1S/C18H14N4O3/c19-8-10-2-1-3-13(6-10)21-14-9-20-17(18(23)22(24)25)16-12-5-4-11(7-12)15(14)16/h1-3,6,9,11-12,21H,4-5,7H2. The number of amides is 1. The molecule has 1 amide bonds. The first-order valence-electron chi connectivity index (χ1n) is 8.07. The van der Waals surface area contributed by atoms with Crippen LogP contribution in [0.2, 0.25) is 0 Å². The Labute approximate surface area is 143 Å². The number of hydrogen-bond acceptors (Lipinski definition) is 6. The van der Waals surface area contributed by atoms with E-state index < -0.39 is 10.8 Å². The maximum atomic E-state index is 11.9. The molecule has 0 spiro atoms. The van der Waals surface area contributed by atoms with E-state index in [2.05, 4.69) is 16.4 Å². The number of rotatable bonds is 3. The molecule has 0 radical (unpaired) electrons. The van der Waals surface area contributed by atoms with Gasteiger partial charge in [-0.15, -0.1) is 0 Å². The van der Waals surface area contributed by atoms with E-state index in [0.29, 0.717) is 11.5 Å². The number of nitriles is 1. The molecule has 1 heterocycles. The Kier molecular flexibility index (Phi) is 3.46. The predicted octanol–water partition coefficient (Wildman–Crippen LogP) is 3.48. The summed E-state index contributed by atoms with van der Waals surface area (Å²) >= 11 is 0. The number of benzene rings is 1. The van der Waals surface area contributed by atoms with Crippen LogP contribution in [0.15, 0.2) is 30.5 Å². The van der Waals surface area contributed by atoms with Crippen LogP contribution >= 0.6 is 0 Å². The Morgan fingerprint density at radius 1 is 1.32 bits per heavy atom. The van der Waals surface area contributed by atoms with Crippen LogP contribution in [0.1, 0.15) is 58.3 Å². The third-order valence-corrected chi connectivity index (χ3v) is 5.05.